The fraction of sp³-hybridized carbons (Fsp3) is 0. The van der Waals surface area contributed by atoms with Gasteiger partial charge in [0.15, 0.2) is 0 Å². The van der Waals surface area contributed by atoms with Gasteiger partial charge in [0.2, 0.25) is 0 Å². The summed E-state index contributed by atoms with van der Waals surface area (Å²) in [5.74, 6) is -0.698. The third kappa shape index (κ3) is 5.12. The fourth-order valence-electron chi connectivity index (χ4n) is 1.45. The van der Waals surface area contributed by atoms with Gasteiger partial charge in [-0.15, -0.1) is 0 Å². The van der Waals surface area contributed by atoms with Crippen LogP contribution >= 0.6 is 0 Å². The lowest BCUT2D eigenvalue weighted by Crippen LogP contribution is -2.28. The molecule has 2 N–H and O–H groups in total. The minimum Gasteiger partial charge on any atom is -0.245 e. The number of carbonyl (C=O) groups excluding carboxylic acids is 1. The van der Waals surface area contributed by atoms with Crippen LogP contribution in [0.5, 0.6) is 0 Å². The Morgan fingerprint density at radius 3 is 1.50 bits per heavy atom. The van der Waals surface area contributed by atoms with Gasteiger partial charge in [-0.3, -0.25) is 0 Å². The fourth-order valence-corrected chi connectivity index (χ4v) is 1.45. The van der Waals surface area contributed by atoms with Crippen LogP contribution in [-0.2, 0) is 0 Å². The van der Waals surface area contributed by atoms with E-state index in [2.05, 4.69) is 21.1 Å². The van der Waals surface area contributed by atoms with E-state index in [0.717, 1.165) is 0 Å². The first-order chi connectivity index (χ1) is 10.6. The maximum atomic E-state index is 12.7. The van der Waals surface area contributed by atoms with Crippen molar-refractivity contribution in [1.82, 2.24) is 10.9 Å². The summed E-state index contributed by atoms with van der Waals surface area (Å²) in [5.41, 5.74) is 5.66. The van der Waals surface area contributed by atoms with Crippen LogP contribution in [0.3, 0.4) is 0 Å². The van der Waals surface area contributed by atoms with Gasteiger partial charge in [0.05, 0.1) is 12.4 Å². The molecule has 112 valence electrons. The van der Waals surface area contributed by atoms with Crippen molar-refractivity contribution in [3.05, 3.63) is 71.3 Å². The first-order valence-electron chi connectivity index (χ1n) is 6.27. The molecule has 7 heteroatoms. The SMILES string of the molecule is O=C(NN=Cc1ccc(F)cc1)N/N=C/c1ccc(F)cc1. The molecule has 0 aliphatic heterocycles. The summed E-state index contributed by atoms with van der Waals surface area (Å²) in [7, 11) is 0. The van der Waals surface area contributed by atoms with Gasteiger partial charge in [-0.05, 0) is 35.4 Å². The highest BCUT2D eigenvalue weighted by molar-refractivity contribution is 5.83. The molecule has 0 spiro atoms. The standard InChI is InChI=1S/C15H12F2N4O/c16-13-5-1-11(2-6-13)9-18-20-15(22)21-19-10-12-3-7-14(17)8-4-12/h1-10H,(H2,20,21,22)/b18-9+,19-10?. The Morgan fingerprint density at radius 1 is 0.773 bits per heavy atom. The molecule has 0 fully saturated rings. The molecule has 2 aromatic carbocycles. The van der Waals surface area contributed by atoms with Gasteiger partial charge in [-0.25, -0.2) is 24.4 Å². The van der Waals surface area contributed by atoms with E-state index < -0.39 is 6.03 Å². The molecule has 22 heavy (non-hydrogen) atoms. The Hall–Kier alpha value is -3.09. The molecule has 0 atom stereocenters. The topological polar surface area (TPSA) is 65.8 Å². The minimum atomic E-state index is -0.642. The first kappa shape index (κ1) is 15.3. The molecule has 0 aliphatic carbocycles. The molecular formula is C15H12F2N4O. The van der Waals surface area contributed by atoms with Crippen molar-refractivity contribution in [3.8, 4) is 0 Å². The van der Waals surface area contributed by atoms with Gasteiger partial charge >= 0.3 is 6.03 Å². The van der Waals surface area contributed by atoms with E-state index in [9.17, 15) is 13.6 Å². The minimum absolute atomic E-state index is 0.349. The Labute approximate surface area is 125 Å². The number of hydrogen-bond acceptors (Lipinski definition) is 3. The van der Waals surface area contributed by atoms with Crippen LogP contribution in [0.25, 0.3) is 0 Å². The maximum Gasteiger partial charge on any atom is 0.355 e. The lowest BCUT2D eigenvalue weighted by Gasteiger charge is -1.98. The molecule has 2 aromatic rings. The molecule has 0 radical (unpaired) electrons. The predicted octanol–water partition coefficient (Wildman–Crippen LogP) is 2.63. The van der Waals surface area contributed by atoms with Crippen LogP contribution in [0.4, 0.5) is 13.6 Å². The molecule has 0 bridgehead atoms. The highest BCUT2D eigenvalue weighted by atomic mass is 19.1. The molecule has 0 unspecified atom stereocenters. The van der Waals surface area contributed by atoms with Gasteiger partial charge in [-0.2, -0.15) is 10.2 Å². The van der Waals surface area contributed by atoms with Crippen LogP contribution < -0.4 is 10.9 Å². The highest BCUT2D eigenvalue weighted by Crippen LogP contribution is 2.00. The lowest BCUT2D eigenvalue weighted by atomic mass is 10.2. The average Bonchev–Trinajstić information content (AvgIpc) is 2.51. The van der Waals surface area contributed by atoms with Gasteiger partial charge < -0.3 is 0 Å². The molecule has 5 nitrogen and oxygen atoms in total. The van der Waals surface area contributed by atoms with Gasteiger partial charge in [0, 0.05) is 0 Å². The number of nitrogens with one attached hydrogen (secondary N) is 2. The molecule has 2 amide bonds. The Bertz CT molecular complexity index is 622. The smallest absolute Gasteiger partial charge is 0.245 e. The maximum absolute atomic E-state index is 12.7. The van der Waals surface area contributed by atoms with Crippen LogP contribution in [0.15, 0.2) is 58.7 Å². The van der Waals surface area contributed by atoms with Crippen LogP contribution in [-0.4, -0.2) is 18.5 Å². The Balaban J connectivity index is 1.78. The second kappa shape index (κ2) is 7.63. The van der Waals surface area contributed by atoms with Gasteiger partial charge in [-0.1, -0.05) is 24.3 Å². The quantitative estimate of drug-likeness (QED) is 0.662. The summed E-state index contributed by atoms with van der Waals surface area (Å²) in [5, 5.41) is 7.35. The van der Waals surface area contributed by atoms with Gasteiger partial charge in [0.1, 0.15) is 11.6 Å². The van der Waals surface area contributed by atoms with Crippen molar-refractivity contribution < 1.29 is 13.6 Å². The van der Waals surface area contributed by atoms with E-state index in [0.29, 0.717) is 11.1 Å². The Kier molecular flexibility index (Phi) is 5.31. The lowest BCUT2D eigenvalue weighted by molar-refractivity contribution is 0.242. The zero-order valence-electron chi connectivity index (χ0n) is 11.3. The van der Waals surface area contributed by atoms with E-state index in [4.69, 9.17) is 0 Å². The zero-order valence-corrected chi connectivity index (χ0v) is 11.3. The molecule has 0 aliphatic rings. The van der Waals surface area contributed by atoms with Crippen LogP contribution in [0.2, 0.25) is 0 Å². The zero-order chi connectivity index (χ0) is 15.8. The number of rotatable bonds is 4. The number of nitrogens with zero attached hydrogens (tertiary/aromatic N) is 2. The normalized spacial score (nSPS) is 11.0. The summed E-state index contributed by atoms with van der Waals surface area (Å²) in [6, 6.07) is 10.6. The number of hydrazone groups is 2. The number of hydrogen-bond donors (Lipinski definition) is 2. The summed E-state index contributed by atoms with van der Waals surface area (Å²) >= 11 is 0. The monoisotopic (exact) mass is 302 g/mol. The Morgan fingerprint density at radius 2 is 1.14 bits per heavy atom. The second-order valence-electron chi connectivity index (χ2n) is 4.17. The van der Waals surface area contributed by atoms with Crippen molar-refractivity contribution in [2.24, 2.45) is 10.2 Å². The van der Waals surface area contributed by atoms with E-state index in [1.165, 1.54) is 61.0 Å². The predicted molar refractivity (Wildman–Crippen MR) is 79.7 cm³/mol. The third-order valence-electron chi connectivity index (χ3n) is 2.50. The van der Waals surface area contributed by atoms with E-state index in [1.807, 2.05) is 0 Å². The van der Waals surface area contributed by atoms with Gasteiger partial charge in [0.25, 0.3) is 0 Å². The van der Waals surface area contributed by atoms with E-state index in [-0.39, 0.29) is 11.6 Å². The number of benzene rings is 2. The first-order valence-corrected chi connectivity index (χ1v) is 6.27. The van der Waals surface area contributed by atoms with E-state index >= 15 is 0 Å². The highest BCUT2D eigenvalue weighted by Gasteiger charge is 1.95. The van der Waals surface area contributed by atoms with Crippen molar-refractivity contribution >= 4 is 18.5 Å². The number of urea groups is 1. The number of halogens is 2. The molecule has 0 saturated carbocycles. The van der Waals surface area contributed by atoms with Crippen molar-refractivity contribution in [3.63, 3.8) is 0 Å². The molecule has 0 saturated heterocycles. The summed E-state index contributed by atoms with van der Waals surface area (Å²) in [4.78, 5) is 11.4. The van der Waals surface area contributed by atoms with Crippen molar-refractivity contribution in [2.45, 2.75) is 0 Å². The van der Waals surface area contributed by atoms with Crippen LogP contribution in [0, 0.1) is 11.6 Å². The molecule has 0 aromatic heterocycles. The third-order valence-corrected chi connectivity index (χ3v) is 2.50. The summed E-state index contributed by atoms with van der Waals surface area (Å²) in [6.07, 6.45) is 2.73. The summed E-state index contributed by atoms with van der Waals surface area (Å²) in [6.45, 7) is 0. The van der Waals surface area contributed by atoms with E-state index in [1.54, 1.807) is 0 Å². The largest absolute Gasteiger partial charge is 0.355 e. The summed E-state index contributed by atoms with van der Waals surface area (Å²) < 4.78 is 25.4. The van der Waals surface area contributed by atoms with Crippen LogP contribution in [0.1, 0.15) is 11.1 Å². The number of amides is 2. The average molecular weight is 302 g/mol. The second-order valence-corrected chi connectivity index (χ2v) is 4.17. The molecule has 0 heterocycles. The molecular weight excluding hydrogens is 290 g/mol. The van der Waals surface area contributed by atoms with Crippen molar-refractivity contribution in [1.29, 1.82) is 0 Å². The molecule has 2 rings (SSSR count). The van der Waals surface area contributed by atoms with Crippen molar-refractivity contribution in [2.75, 3.05) is 0 Å². The number of carbonyl (C=O) groups is 1.